The predicted octanol–water partition coefficient (Wildman–Crippen LogP) is 4.71. The Bertz CT molecular complexity index is 1480. The number of benzene rings is 2. The second-order valence-corrected chi connectivity index (χ2v) is 11.7. The average Bonchev–Trinajstić information content (AvgIpc) is 3.64. The van der Waals surface area contributed by atoms with Gasteiger partial charge in [0.1, 0.15) is 18.1 Å². The number of ketones is 1. The molecular formula is C29H33ClFN5O4. The number of rotatable bonds is 10. The first-order chi connectivity index (χ1) is 18.8. The molecule has 0 bridgehead atoms. The monoisotopic (exact) mass is 569 g/mol. The first-order valence-electron chi connectivity index (χ1n) is 13.1. The molecule has 0 radical (unpaired) electrons. The molecule has 0 spiro atoms. The Labute approximate surface area is 237 Å². The molecule has 40 heavy (non-hydrogen) atoms. The van der Waals surface area contributed by atoms with Crippen molar-refractivity contribution in [2.45, 2.75) is 66.1 Å². The van der Waals surface area contributed by atoms with Crippen molar-refractivity contribution in [2.75, 3.05) is 11.9 Å². The largest absolute Gasteiger partial charge is 0.350 e. The van der Waals surface area contributed by atoms with E-state index in [1.165, 1.54) is 28.6 Å². The van der Waals surface area contributed by atoms with Gasteiger partial charge in [-0.05, 0) is 42.5 Å². The van der Waals surface area contributed by atoms with Crippen molar-refractivity contribution in [3.63, 3.8) is 0 Å². The number of nitrogens with zero attached hydrogens (tertiary/aromatic N) is 3. The van der Waals surface area contributed by atoms with E-state index in [4.69, 9.17) is 11.6 Å². The van der Waals surface area contributed by atoms with Crippen LogP contribution in [0, 0.1) is 11.2 Å². The smallest absolute Gasteiger partial charge is 0.245 e. The van der Waals surface area contributed by atoms with Crippen LogP contribution in [0.5, 0.6) is 0 Å². The summed E-state index contributed by atoms with van der Waals surface area (Å²) in [6, 6.07) is 9.58. The van der Waals surface area contributed by atoms with Gasteiger partial charge in [0.05, 0.1) is 17.1 Å². The standard InChI is InChI=1S/C29H33ClFN5O4/c1-17(37)28-21-12-19(33-24(38)13-29(2,3)4)8-11-23(21)36(34-28)16-26(40)35(20-9-10-20)15-25(39)32-14-18-6-5-7-22(30)27(18)31/h5-8,11-12,20H,9-10,13-16H2,1-4H3,(H,32,39)(H,33,38). The van der Waals surface area contributed by atoms with Crippen molar-refractivity contribution in [2.24, 2.45) is 5.41 Å². The molecule has 0 saturated heterocycles. The second kappa shape index (κ2) is 11.8. The summed E-state index contributed by atoms with van der Waals surface area (Å²) in [5, 5.41) is 10.4. The number of nitrogens with one attached hydrogen (secondary N) is 2. The van der Waals surface area contributed by atoms with E-state index in [1.54, 1.807) is 24.3 Å². The van der Waals surface area contributed by atoms with Gasteiger partial charge in [-0.2, -0.15) is 5.10 Å². The van der Waals surface area contributed by atoms with E-state index in [2.05, 4.69) is 15.7 Å². The van der Waals surface area contributed by atoms with Gasteiger partial charge in [0.2, 0.25) is 17.7 Å². The maximum Gasteiger partial charge on any atom is 0.245 e. The molecule has 212 valence electrons. The van der Waals surface area contributed by atoms with Gasteiger partial charge in [0.25, 0.3) is 0 Å². The first-order valence-corrected chi connectivity index (χ1v) is 13.5. The lowest BCUT2D eigenvalue weighted by molar-refractivity contribution is -0.137. The molecule has 1 aliphatic carbocycles. The van der Waals surface area contributed by atoms with Gasteiger partial charge in [0.15, 0.2) is 5.78 Å². The van der Waals surface area contributed by atoms with Crippen LogP contribution in [0.4, 0.5) is 10.1 Å². The van der Waals surface area contributed by atoms with Crippen molar-refractivity contribution in [1.82, 2.24) is 20.0 Å². The minimum Gasteiger partial charge on any atom is -0.350 e. The van der Waals surface area contributed by atoms with Crippen LogP contribution in [0.25, 0.3) is 10.9 Å². The van der Waals surface area contributed by atoms with E-state index in [1.807, 2.05) is 20.8 Å². The highest BCUT2D eigenvalue weighted by molar-refractivity contribution is 6.30. The van der Waals surface area contributed by atoms with Crippen molar-refractivity contribution in [1.29, 1.82) is 0 Å². The quantitative estimate of drug-likeness (QED) is 0.343. The minimum atomic E-state index is -0.594. The Kier molecular flexibility index (Phi) is 8.58. The summed E-state index contributed by atoms with van der Waals surface area (Å²) in [6.45, 7) is 6.89. The number of fused-ring (bicyclic) bond motifs is 1. The van der Waals surface area contributed by atoms with E-state index in [0.717, 1.165) is 12.8 Å². The van der Waals surface area contributed by atoms with Crippen LogP contribution < -0.4 is 10.6 Å². The fourth-order valence-corrected chi connectivity index (χ4v) is 4.63. The molecule has 1 heterocycles. The molecule has 1 aliphatic rings. The summed E-state index contributed by atoms with van der Waals surface area (Å²) < 4.78 is 15.6. The maximum absolute atomic E-state index is 14.2. The SMILES string of the molecule is CC(=O)c1nn(CC(=O)N(CC(=O)NCc2cccc(Cl)c2F)C2CC2)c2ccc(NC(=O)CC(C)(C)C)cc12. The zero-order chi connectivity index (χ0) is 29.2. The Hall–Kier alpha value is -3.79. The van der Waals surface area contributed by atoms with Gasteiger partial charge in [-0.25, -0.2) is 4.39 Å². The molecule has 1 saturated carbocycles. The number of Topliss-reactive ketones (excluding diaryl/α,β-unsaturated/α-hetero) is 1. The highest BCUT2D eigenvalue weighted by atomic mass is 35.5. The third-order valence-electron chi connectivity index (χ3n) is 6.47. The van der Waals surface area contributed by atoms with Crippen molar-refractivity contribution < 1.29 is 23.6 Å². The predicted molar refractivity (Wildman–Crippen MR) is 150 cm³/mol. The molecule has 0 unspecified atom stereocenters. The number of hydrogen-bond donors (Lipinski definition) is 2. The van der Waals surface area contributed by atoms with Crippen LogP contribution >= 0.6 is 11.6 Å². The van der Waals surface area contributed by atoms with Gasteiger partial charge < -0.3 is 15.5 Å². The summed E-state index contributed by atoms with van der Waals surface area (Å²) in [5.41, 5.74) is 1.35. The molecule has 0 aliphatic heterocycles. The van der Waals surface area contributed by atoms with Crippen molar-refractivity contribution >= 4 is 51.7 Å². The lowest BCUT2D eigenvalue weighted by Crippen LogP contribution is -2.43. The van der Waals surface area contributed by atoms with E-state index in [0.29, 0.717) is 23.0 Å². The van der Waals surface area contributed by atoms with Crippen molar-refractivity contribution in [3.05, 3.63) is 58.5 Å². The van der Waals surface area contributed by atoms with E-state index in [-0.39, 0.29) is 65.0 Å². The number of carbonyl (C=O) groups excluding carboxylic acids is 4. The Morgan fingerprint density at radius 3 is 2.50 bits per heavy atom. The summed E-state index contributed by atoms with van der Waals surface area (Å²) in [5.74, 6) is -1.77. The third-order valence-corrected chi connectivity index (χ3v) is 6.77. The highest BCUT2D eigenvalue weighted by Gasteiger charge is 2.34. The molecular weight excluding hydrogens is 537 g/mol. The molecule has 9 nitrogen and oxygen atoms in total. The normalized spacial score (nSPS) is 13.2. The average molecular weight is 570 g/mol. The number of halogens is 2. The molecule has 1 fully saturated rings. The maximum atomic E-state index is 14.2. The molecule has 0 atom stereocenters. The van der Waals surface area contributed by atoms with E-state index in [9.17, 15) is 23.6 Å². The minimum absolute atomic E-state index is 0.0303. The first kappa shape index (κ1) is 29.2. The van der Waals surface area contributed by atoms with Crippen LogP contribution in [0.3, 0.4) is 0 Å². The molecule has 3 amide bonds. The van der Waals surface area contributed by atoms with Crippen molar-refractivity contribution in [3.8, 4) is 0 Å². The van der Waals surface area contributed by atoms with Gasteiger partial charge in [0, 0.05) is 42.6 Å². The van der Waals surface area contributed by atoms with Gasteiger partial charge in [-0.15, -0.1) is 0 Å². The second-order valence-electron chi connectivity index (χ2n) is 11.3. The fraction of sp³-hybridized carbons (Fsp3) is 0.414. The number of aromatic nitrogens is 2. The molecule has 2 aromatic carbocycles. The summed E-state index contributed by atoms with van der Waals surface area (Å²) >= 11 is 5.81. The van der Waals surface area contributed by atoms with Crippen LogP contribution in [-0.2, 0) is 27.5 Å². The fourth-order valence-electron chi connectivity index (χ4n) is 4.44. The lowest BCUT2D eigenvalue weighted by Gasteiger charge is -2.22. The number of hydrogen-bond acceptors (Lipinski definition) is 5. The van der Waals surface area contributed by atoms with Crippen LogP contribution in [-0.4, -0.2) is 50.8 Å². The summed E-state index contributed by atoms with van der Waals surface area (Å²) in [6.07, 6.45) is 1.88. The summed E-state index contributed by atoms with van der Waals surface area (Å²) in [7, 11) is 0. The van der Waals surface area contributed by atoms with E-state index >= 15 is 0 Å². The van der Waals surface area contributed by atoms with E-state index < -0.39 is 11.7 Å². The molecule has 3 aromatic rings. The Balaban J connectivity index is 1.48. The zero-order valence-electron chi connectivity index (χ0n) is 23.0. The molecule has 11 heteroatoms. The Morgan fingerprint density at radius 2 is 1.85 bits per heavy atom. The Morgan fingerprint density at radius 1 is 1.12 bits per heavy atom. The van der Waals surface area contributed by atoms with Gasteiger partial charge in [-0.1, -0.05) is 44.5 Å². The highest BCUT2D eigenvalue weighted by Crippen LogP contribution is 2.28. The third kappa shape index (κ3) is 7.24. The number of carbonyl (C=O) groups is 4. The molecule has 1 aromatic heterocycles. The topological polar surface area (TPSA) is 113 Å². The van der Waals surface area contributed by atoms with Crippen LogP contribution in [0.2, 0.25) is 5.02 Å². The lowest BCUT2D eigenvalue weighted by atomic mass is 9.92. The van der Waals surface area contributed by atoms with Crippen LogP contribution in [0.1, 0.15) is 63.0 Å². The zero-order valence-corrected chi connectivity index (χ0v) is 23.8. The van der Waals surface area contributed by atoms with Crippen LogP contribution in [0.15, 0.2) is 36.4 Å². The molecule has 4 rings (SSSR count). The summed E-state index contributed by atoms with van der Waals surface area (Å²) in [4.78, 5) is 52.3. The number of anilines is 1. The van der Waals surface area contributed by atoms with Gasteiger partial charge in [-0.3, -0.25) is 23.9 Å². The number of amides is 3. The van der Waals surface area contributed by atoms with Gasteiger partial charge >= 0.3 is 0 Å². The molecule has 2 N–H and O–H groups in total.